The average molecular weight is 220 g/mol. The molecule has 0 saturated carbocycles. The summed E-state index contributed by atoms with van der Waals surface area (Å²) in [7, 11) is 0. The maximum absolute atomic E-state index is 4.30. The molecule has 0 aliphatic heterocycles. The molecule has 0 amide bonds. The number of nitrogens with zero attached hydrogens (tertiary/aromatic N) is 4. The van der Waals surface area contributed by atoms with Crippen molar-refractivity contribution in [1.29, 1.82) is 0 Å². The molecule has 0 saturated heterocycles. The van der Waals surface area contributed by atoms with E-state index in [4.69, 9.17) is 0 Å². The van der Waals surface area contributed by atoms with Gasteiger partial charge in [0.15, 0.2) is 5.65 Å². The van der Waals surface area contributed by atoms with Gasteiger partial charge in [0.1, 0.15) is 5.52 Å². The summed E-state index contributed by atoms with van der Waals surface area (Å²) in [6.45, 7) is 0. The lowest BCUT2D eigenvalue weighted by atomic mass is 10.1. The minimum atomic E-state index is 0.771. The molecular formula is C13H8N4. The van der Waals surface area contributed by atoms with E-state index in [0.717, 1.165) is 22.1 Å². The van der Waals surface area contributed by atoms with Crippen LogP contribution in [0.4, 0.5) is 0 Å². The fraction of sp³-hybridized carbons (Fsp3) is 0. The minimum Gasteiger partial charge on any atom is -0.211 e. The van der Waals surface area contributed by atoms with Crippen LogP contribution in [0.15, 0.2) is 48.7 Å². The highest BCUT2D eigenvalue weighted by Crippen LogP contribution is 2.22. The molecule has 0 N–H and O–H groups in total. The molecule has 4 nitrogen and oxygen atoms in total. The Kier molecular flexibility index (Phi) is 1.53. The quantitative estimate of drug-likeness (QED) is 0.427. The molecule has 0 spiro atoms. The summed E-state index contributed by atoms with van der Waals surface area (Å²) in [6.07, 6.45) is 1.73. The van der Waals surface area contributed by atoms with Gasteiger partial charge in [0.05, 0.1) is 11.7 Å². The van der Waals surface area contributed by atoms with Gasteiger partial charge in [-0.3, -0.25) is 0 Å². The Morgan fingerprint density at radius 2 is 1.82 bits per heavy atom. The van der Waals surface area contributed by atoms with E-state index in [9.17, 15) is 0 Å². The van der Waals surface area contributed by atoms with E-state index >= 15 is 0 Å². The summed E-state index contributed by atoms with van der Waals surface area (Å²) < 4.78 is 1.81. The smallest absolute Gasteiger partial charge is 0.177 e. The van der Waals surface area contributed by atoms with Gasteiger partial charge in [-0.15, -0.1) is 10.2 Å². The fourth-order valence-electron chi connectivity index (χ4n) is 2.18. The molecule has 17 heavy (non-hydrogen) atoms. The first-order valence-electron chi connectivity index (χ1n) is 5.41. The van der Waals surface area contributed by atoms with Crippen LogP contribution in [-0.4, -0.2) is 19.8 Å². The summed E-state index contributed by atoms with van der Waals surface area (Å²) in [5.41, 5.74) is 2.64. The van der Waals surface area contributed by atoms with Gasteiger partial charge < -0.3 is 0 Å². The van der Waals surface area contributed by atoms with Crippen molar-refractivity contribution in [1.82, 2.24) is 19.8 Å². The fourth-order valence-corrected chi connectivity index (χ4v) is 2.18. The van der Waals surface area contributed by atoms with Crippen LogP contribution in [0.25, 0.3) is 27.5 Å². The van der Waals surface area contributed by atoms with Crippen LogP contribution in [-0.2, 0) is 0 Å². The highest BCUT2D eigenvalue weighted by atomic mass is 15.3. The molecule has 80 valence electrons. The molecule has 2 heterocycles. The van der Waals surface area contributed by atoms with Crippen molar-refractivity contribution < 1.29 is 0 Å². The molecule has 4 rings (SSSR count). The van der Waals surface area contributed by atoms with Gasteiger partial charge in [-0.2, -0.15) is 5.10 Å². The Labute approximate surface area is 96.5 Å². The number of benzene rings is 2. The molecule has 0 aliphatic rings. The van der Waals surface area contributed by atoms with Crippen LogP contribution in [0, 0.1) is 0 Å². The number of aromatic nitrogens is 4. The van der Waals surface area contributed by atoms with Gasteiger partial charge in [0, 0.05) is 11.5 Å². The Balaban J connectivity index is 2.34. The van der Waals surface area contributed by atoms with Gasteiger partial charge in [0.25, 0.3) is 0 Å². The lowest BCUT2D eigenvalue weighted by Crippen LogP contribution is -1.96. The Morgan fingerprint density at radius 3 is 2.82 bits per heavy atom. The van der Waals surface area contributed by atoms with Crippen LogP contribution >= 0.6 is 0 Å². The van der Waals surface area contributed by atoms with Crippen molar-refractivity contribution in [2.45, 2.75) is 0 Å². The molecule has 0 atom stereocenters. The van der Waals surface area contributed by atoms with Crippen molar-refractivity contribution >= 4 is 27.5 Å². The molecule has 4 heteroatoms. The van der Waals surface area contributed by atoms with Gasteiger partial charge in [0.2, 0.25) is 0 Å². The lowest BCUT2D eigenvalue weighted by Gasteiger charge is -2.03. The second-order valence-corrected chi connectivity index (χ2v) is 3.96. The zero-order valence-electron chi connectivity index (χ0n) is 8.91. The van der Waals surface area contributed by atoms with Crippen molar-refractivity contribution in [2.24, 2.45) is 0 Å². The van der Waals surface area contributed by atoms with Gasteiger partial charge in [-0.05, 0) is 11.5 Å². The van der Waals surface area contributed by atoms with E-state index in [2.05, 4.69) is 33.5 Å². The number of fused-ring (bicyclic) bond motifs is 5. The van der Waals surface area contributed by atoms with Gasteiger partial charge in [-0.25, -0.2) is 4.52 Å². The predicted molar refractivity (Wildman–Crippen MR) is 65.8 cm³/mol. The molecule has 2 aromatic carbocycles. The van der Waals surface area contributed by atoms with Crippen LogP contribution in [0.3, 0.4) is 0 Å². The van der Waals surface area contributed by atoms with Crippen molar-refractivity contribution in [3.63, 3.8) is 0 Å². The Hall–Kier alpha value is -2.49. The first-order valence-corrected chi connectivity index (χ1v) is 5.41. The molecule has 0 aliphatic carbocycles. The number of hydrogen-bond donors (Lipinski definition) is 0. The first kappa shape index (κ1) is 8.64. The maximum Gasteiger partial charge on any atom is 0.177 e. The standard InChI is InChI=1S/C13H8N4/c1-2-4-10-9(3-1)5-6-11-13(10)16-15-12-7-8-14-17(11)12/h1-8H. The third-order valence-corrected chi connectivity index (χ3v) is 2.98. The summed E-state index contributed by atoms with van der Waals surface area (Å²) in [5, 5.41) is 15.0. The first-order chi connectivity index (χ1) is 8.43. The van der Waals surface area contributed by atoms with Crippen molar-refractivity contribution in [3.05, 3.63) is 48.7 Å². The normalized spacial score (nSPS) is 11.5. The average Bonchev–Trinajstić information content (AvgIpc) is 2.86. The van der Waals surface area contributed by atoms with Crippen LogP contribution < -0.4 is 0 Å². The lowest BCUT2D eigenvalue weighted by molar-refractivity contribution is 0.945. The van der Waals surface area contributed by atoms with E-state index in [0.29, 0.717) is 0 Å². The zero-order chi connectivity index (χ0) is 11.2. The predicted octanol–water partition coefficient (Wildman–Crippen LogP) is 2.43. The third-order valence-electron chi connectivity index (χ3n) is 2.98. The number of rotatable bonds is 0. The third kappa shape index (κ3) is 1.09. The molecular weight excluding hydrogens is 212 g/mol. The molecule has 0 unspecified atom stereocenters. The van der Waals surface area contributed by atoms with E-state index in [-0.39, 0.29) is 0 Å². The summed E-state index contributed by atoms with van der Waals surface area (Å²) in [6, 6.07) is 14.1. The van der Waals surface area contributed by atoms with Crippen LogP contribution in [0.1, 0.15) is 0 Å². The molecule has 0 bridgehead atoms. The maximum atomic E-state index is 4.30. The van der Waals surface area contributed by atoms with E-state index in [1.807, 2.05) is 28.8 Å². The minimum absolute atomic E-state index is 0.771. The monoisotopic (exact) mass is 220 g/mol. The van der Waals surface area contributed by atoms with Crippen molar-refractivity contribution in [3.8, 4) is 0 Å². The second-order valence-electron chi connectivity index (χ2n) is 3.96. The van der Waals surface area contributed by atoms with Crippen molar-refractivity contribution in [2.75, 3.05) is 0 Å². The summed E-state index contributed by atoms with van der Waals surface area (Å²) in [4.78, 5) is 0. The summed E-state index contributed by atoms with van der Waals surface area (Å²) in [5.74, 6) is 0. The summed E-state index contributed by atoms with van der Waals surface area (Å²) >= 11 is 0. The topological polar surface area (TPSA) is 43.1 Å². The van der Waals surface area contributed by atoms with Crippen LogP contribution in [0.2, 0.25) is 0 Å². The molecule has 0 fully saturated rings. The van der Waals surface area contributed by atoms with Crippen LogP contribution in [0.5, 0.6) is 0 Å². The van der Waals surface area contributed by atoms with E-state index < -0.39 is 0 Å². The highest BCUT2D eigenvalue weighted by molar-refractivity contribution is 6.03. The van der Waals surface area contributed by atoms with Gasteiger partial charge >= 0.3 is 0 Å². The van der Waals surface area contributed by atoms with E-state index in [1.54, 1.807) is 6.20 Å². The molecule has 2 aromatic heterocycles. The largest absolute Gasteiger partial charge is 0.211 e. The molecule has 0 radical (unpaired) electrons. The Morgan fingerprint density at radius 1 is 0.882 bits per heavy atom. The SMILES string of the molecule is c1ccc2c(c1)ccc1c2nnc2ccnn21. The Bertz CT molecular complexity index is 848. The molecule has 4 aromatic rings. The van der Waals surface area contributed by atoms with Gasteiger partial charge in [-0.1, -0.05) is 30.3 Å². The zero-order valence-corrected chi connectivity index (χ0v) is 8.91. The van der Waals surface area contributed by atoms with E-state index in [1.165, 1.54) is 5.39 Å². The second kappa shape index (κ2) is 3.01. The highest BCUT2D eigenvalue weighted by Gasteiger charge is 2.06. The number of hydrogen-bond acceptors (Lipinski definition) is 3.